The summed E-state index contributed by atoms with van der Waals surface area (Å²) in [7, 11) is 0. The minimum atomic E-state index is -1.47. The van der Waals surface area contributed by atoms with Gasteiger partial charge in [-0.2, -0.15) is 11.8 Å². The lowest BCUT2D eigenvalue weighted by atomic mass is 9.95. The molecule has 0 aliphatic heterocycles. The highest BCUT2D eigenvalue weighted by atomic mass is 32.2. The van der Waals surface area contributed by atoms with E-state index < -0.39 is 54.5 Å². The molecule has 0 saturated carbocycles. The van der Waals surface area contributed by atoms with Gasteiger partial charge in [-0.3, -0.25) is 14.4 Å². The van der Waals surface area contributed by atoms with Crippen molar-refractivity contribution in [3.05, 3.63) is 0 Å². The van der Waals surface area contributed by atoms with Gasteiger partial charge in [0.1, 0.15) is 18.1 Å². The van der Waals surface area contributed by atoms with E-state index in [1.165, 1.54) is 11.8 Å². The molecule has 0 saturated heterocycles. The van der Waals surface area contributed by atoms with Gasteiger partial charge in [-0.15, -0.1) is 0 Å². The molecule has 0 fully saturated rings. The second kappa shape index (κ2) is 15.0. The molecule has 0 aliphatic rings. The Labute approximate surface area is 188 Å². The summed E-state index contributed by atoms with van der Waals surface area (Å²) in [5, 5.41) is 25.8. The third kappa shape index (κ3) is 9.88. The van der Waals surface area contributed by atoms with Crippen molar-refractivity contribution in [1.29, 1.82) is 0 Å². The largest absolute Gasteiger partial charge is 0.480 e. The normalized spacial score (nSPS) is 16.9. The Morgan fingerprint density at radius 3 is 1.90 bits per heavy atom. The summed E-state index contributed by atoms with van der Waals surface area (Å²) >= 11 is 1.46. The van der Waals surface area contributed by atoms with Crippen LogP contribution in [0.5, 0.6) is 0 Å². The third-order valence-electron chi connectivity index (χ3n) is 5.39. The van der Waals surface area contributed by atoms with Crippen molar-refractivity contribution in [3.8, 4) is 0 Å². The number of hydrogen-bond donors (Lipinski definition) is 6. The first-order valence-electron chi connectivity index (χ1n) is 10.5. The van der Waals surface area contributed by atoms with Crippen LogP contribution in [0.3, 0.4) is 0 Å². The van der Waals surface area contributed by atoms with Crippen LogP contribution >= 0.6 is 11.8 Å². The monoisotopic (exact) mass is 462 g/mol. The lowest BCUT2D eigenvalue weighted by Gasteiger charge is -2.28. The Bertz CT molecular complexity index is 606. The molecular weight excluding hydrogens is 424 g/mol. The van der Waals surface area contributed by atoms with Crippen molar-refractivity contribution >= 4 is 35.5 Å². The molecule has 0 heterocycles. The SMILES string of the molecule is CCC(C)C(N)C(=O)NC(C(=O)NC(CCSC)C(=O)NC(CO)C(=O)O)C(C)CC. The standard InChI is InChI=1S/C20H38N4O6S/c1-6-11(3)15(21)18(27)24-16(12(4)7-2)19(28)22-13(8-9-31-5)17(26)23-14(10-25)20(29)30/h11-16,25H,6-10,21H2,1-5H3,(H,22,28)(H,23,26)(H,24,27)(H,29,30). The number of carboxylic acids is 1. The maximum absolute atomic E-state index is 13.0. The van der Waals surface area contributed by atoms with Crippen LogP contribution in [0.1, 0.15) is 47.0 Å². The zero-order valence-corrected chi connectivity index (χ0v) is 19.8. The maximum Gasteiger partial charge on any atom is 0.328 e. The quantitative estimate of drug-likeness (QED) is 0.192. The maximum atomic E-state index is 13.0. The summed E-state index contributed by atoms with van der Waals surface area (Å²) in [6.07, 6.45) is 3.40. The topological polar surface area (TPSA) is 171 Å². The van der Waals surface area contributed by atoms with Crippen LogP contribution < -0.4 is 21.7 Å². The minimum absolute atomic E-state index is 0.0628. The number of rotatable bonds is 15. The Kier molecular flexibility index (Phi) is 14.1. The van der Waals surface area contributed by atoms with Crippen molar-refractivity contribution < 1.29 is 29.4 Å². The molecule has 0 aromatic carbocycles. The first kappa shape index (κ1) is 29.1. The van der Waals surface area contributed by atoms with Gasteiger partial charge in [0.05, 0.1) is 12.6 Å². The fourth-order valence-corrected chi connectivity index (χ4v) is 3.16. The highest BCUT2D eigenvalue weighted by Gasteiger charge is 2.32. The molecule has 0 aromatic rings. The highest BCUT2D eigenvalue weighted by Crippen LogP contribution is 2.12. The van der Waals surface area contributed by atoms with Crippen LogP contribution in [0.4, 0.5) is 0 Å². The van der Waals surface area contributed by atoms with Crippen LogP contribution in [0.25, 0.3) is 0 Å². The summed E-state index contributed by atoms with van der Waals surface area (Å²) in [4.78, 5) is 49.2. The van der Waals surface area contributed by atoms with Gasteiger partial charge in [0.25, 0.3) is 0 Å². The molecule has 11 heteroatoms. The van der Waals surface area contributed by atoms with E-state index in [4.69, 9.17) is 15.9 Å². The summed E-state index contributed by atoms with van der Waals surface area (Å²) in [5.74, 6) is -2.82. The molecule has 6 unspecified atom stereocenters. The third-order valence-corrected chi connectivity index (χ3v) is 6.04. The second-order valence-electron chi connectivity index (χ2n) is 7.71. The number of carbonyl (C=O) groups excluding carboxylic acids is 3. The summed E-state index contributed by atoms with van der Waals surface area (Å²) in [6.45, 7) is 6.68. The van der Waals surface area contributed by atoms with Gasteiger partial charge in [-0.25, -0.2) is 4.79 Å². The predicted octanol–water partition coefficient (Wildman–Crippen LogP) is -0.310. The van der Waals surface area contributed by atoms with E-state index in [-0.39, 0.29) is 18.3 Å². The Balaban J connectivity index is 5.46. The fourth-order valence-electron chi connectivity index (χ4n) is 2.69. The number of thioether (sulfide) groups is 1. The number of aliphatic hydroxyl groups is 1. The van der Waals surface area contributed by atoms with Crippen LogP contribution in [0.15, 0.2) is 0 Å². The van der Waals surface area contributed by atoms with Crippen molar-refractivity contribution in [2.45, 2.75) is 71.1 Å². The van der Waals surface area contributed by atoms with Crippen molar-refractivity contribution in [1.82, 2.24) is 16.0 Å². The molecular formula is C20H38N4O6S. The number of carboxylic acid groups (broad SMARTS) is 1. The van der Waals surface area contributed by atoms with Crippen LogP contribution in [0, 0.1) is 11.8 Å². The summed E-state index contributed by atoms with van der Waals surface area (Å²) in [5.41, 5.74) is 5.99. The number of hydrogen-bond acceptors (Lipinski definition) is 7. The number of nitrogens with two attached hydrogens (primary N) is 1. The smallest absolute Gasteiger partial charge is 0.328 e. The van der Waals surface area contributed by atoms with E-state index in [0.29, 0.717) is 18.6 Å². The molecule has 6 atom stereocenters. The Hall–Kier alpha value is -1.85. The lowest BCUT2D eigenvalue weighted by molar-refractivity contribution is -0.143. The molecule has 0 rings (SSSR count). The van der Waals surface area contributed by atoms with Crippen molar-refractivity contribution in [3.63, 3.8) is 0 Å². The molecule has 0 radical (unpaired) electrons. The zero-order valence-electron chi connectivity index (χ0n) is 19.0. The van der Waals surface area contributed by atoms with Crippen LogP contribution in [-0.4, -0.2) is 76.7 Å². The van der Waals surface area contributed by atoms with E-state index in [9.17, 15) is 19.2 Å². The molecule has 0 aliphatic carbocycles. The second-order valence-corrected chi connectivity index (χ2v) is 8.69. The number of nitrogens with one attached hydrogen (secondary N) is 3. The number of amides is 3. The van der Waals surface area contributed by atoms with Crippen LogP contribution in [0.2, 0.25) is 0 Å². The average molecular weight is 463 g/mol. The zero-order chi connectivity index (χ0) is 24.1. The van der Waals surface area contributed by atoms with E-state index >= 15 is 0 Å². The number of aliphatic hydroxyl groups excluding tert-OH is 1. The first-order valence-corrected chi connectivity index (χ1v) is 11.9. The van der Waals surface area contributed by atoms with E-state index in [2.05, 4.69) is 16.0 Å². The summed E-state index contributed by atoms with van der Waals surface area (Å²) < 4.78 is 0. The molecule has 10 nitrogen and oxygen atoms in total. The molecule has 0 aromatic heterocycles. The first-order chi connectivity index (χ1) is 14.5. The van der Waals surface area contributed by atoms with Gasteiger partial charge >= 0.3 is 5.97 Å². The van der Waals surface area contributed by atoms with Crippen molar-refractivity contribution in [2.24, 2.45) is 17.6 Å². The van der Waals surface area contributed by atoms with Gasteiger partial charge in [0.2, 0.25) is 17.7 Å². The van der Waals surface area contributed by atoms with E-state index in [0.717, 1.165) is 0 Å². The molecule has 3 amide bonds. The van der Waals surface area contributed by atoms with Gasteiger partial charge in [0, 0.05) is 0 Å². The Morgan fingerprint density at radius 1 is 0.903 bits per heavy atom. The fraction of sp³-hybridized carbons (Fsp3) is 0.800. The van der Waals surface area contributed by atoms with E-state index in [1.807, 2.05) is 34.0 Å². The number of aliphatic carboxylic acids is 1. The molecule has 0 bridgehead atoms. The lowest BCUT2D eigenvalue weighted by Crippen LogP contribution is -2.59. The average Bonchev–Trinajstić information content (AvgIpc) is 2.75. The molecule has 180 valence electrons. The molecule has 0 spiro atoms. The van der Waals surface area contributed by atoms with Crippen molar-refractivity contribution in [2.75, 3.05) is 18.6 Å². The van der Waals surface area contributed by atoms with Gasteiger partial charge in [-0.1, -0.05) is 40.5 Å². The summed E-state index contributed by atoms with van der Waals surface area (Å²) in [6, 6.07) is -4.15. The highest BCUT2D eigenvalue weighted by molar-refractivity contribution is 7.98. The Morgan fingerprint density at radius 2 is 1.45 bits per heavy atom. The van der Waals surface area contributed by atoms with Gasteiger partial charge < -0.3 is 31.9 Å². The minimum Gasteiger partial charge on any atom is -0.480 e. The van der Waals surface area contributed by atoms with Gasteiger partial charge in [0.15, 0.2) is 0 Å². The predicted molar refractivity (Wildman–Crippen MR) is 120 cm³/mol. The van der Waals surface area contributed by atoms with Crippen LogP contribution in [-0.2, 0) is 19.2 Å². The number of carbonyl (C=O) groups is 4. The van der Waals surface area contributed by atoms with Gasteiger partial charge in [-0.05, 0) is 30.3 Å². The molecule has 31 heavy (non-hydrogen) atoms. The molecule has 7 N–H and O–H groups in total. The van der Waals surface area contributed by atoms with E-state index in [1.54, 1.807) is 0 Å².